The molecule has 1 heterocycles. The van der Waals surface area contributed by atoms with E-state index in [1.807, 2.05) is 6.20 Å². The average molecular weight is 347 g/mol. The maximum absolute atomic E-state index is 4.76. The van der Waals surface area contributed by atoms with Crippen molar-refractivity contribution in [2.24, 2.45) is 0 Å². The summed E-state index contributed by atoms with van der Waals surface area (Å²) >= 11 is 0. The van der Waals surface area contributed by atoms with Crippen LogP contribution >= 0.6 is 0 Å². The minimum atomic E-state index is 1.06. The number of fused-ring (bicyclic) bond motifs is 5. The first-order valence-electron chi connectivity index (χ1n) is 9.40. The quantitative estimate of drug-likeness (QED) is 0.294. The molecule has 130 valence electrons. The van der Waals surface area contributed by atoms with Gasteiger partial charge in [0, 0.05) is 17.1 Å². The molecule has 27 heavy (non-hydrogen) atoms. The van der Waals surface area contributed by atoms with Crippen LogP contribution in [0.15, 0.2) is 72.9 Å². The molecule has 0 saturated carbocycles. The van der Waals surface area contributed by atoms with E-state index < -0.39 is 0 Å². The van der Waals surface area contributed by atoms with Crippen molar-refractivity contribution in [3.63, 3.8) is 0 Å². The molecule has 0 amide bonds. The normalized spacial score (nSPS) is 11.5. The zero-order chi connectivity index (χ0) is 18.5. The Balaban J connectivity index is 1.92. The SMILES string of the molecule is Cc1cc(C)cc(-c2nccc3c2ccc2c4ccccc4cc(C)c32)c1. The lowest BCUT2D eigenvalue weighted by molar-refractivity contribution is 1.33. The molecular weight excluding hydrogens is 326 g/mol. The summed E-state index contributed by atoms with van der Waals surface area (Å²) in [7, 11) is 0. The zero-order valence-corrected chi connectivity index (χ0v) is 15.9. The van der Waals surface area contributed by atoms with Crippen molar-refractivity contribution in [3.05, 3.63) is 89.6 Å². The Kier molecular flexibility index (Phi) is 3.51. The second kappa shape index (κ2) is 5.92. The van der Waals surface area contributed by atoms with Crippen molar-refractivity contribution in [2.45, 2.75) is 20.8 Å². The lowest BCUT2D eigenvalue weighted by Crippen LogP contribution is -1.91. The summed E-state index contributed by atoms with van der Waals surface area (Å²) in [6.07, 6.45) is 1.95. The maximum Gasteiger partial charge on any atom is 0.0780 e. The fraction of sp³-hybridized carbons (Fsp3) is 0.115. The van der Waals surface area contributed by atoms with Crippen molar-refractivity contribution in [2.75, 3.05) is 0 Å². The molecule has 0 radical (unpaired) electrons. The summed E-state index contributed by atoms with van der Waals surface area (Å²) in [5, 5.41) is 7.75. The van der Waals surface area contributed by atoms with Crippen molar-refractivity contribution < 1.29 is 0 Å². The first-order valence-corrected chi connectivity index (χ1v) is 9.40. The van der Waals surface area contributed by atoms with Gasteiger partial charge < -0.3 is 0 Å². The highest BCUT2D eigenvalue weighted by Gasteiger charge is 2.12. The zero-order valence-electron chi connectivity index (χ0n) is 15.9. The molecule has 1 aromatic heterocycles. The van der Waals surface area contributed by atoms with Crippen molar-refractivity contribution in [1.82, 2.24) is 4.98 Å². The van der Waals surface area contributed by atoms with E-state index in [9.17, 15) is 0 Å². The Hall–Kier alpha value is -3.19. The van der Waals surface area contributed by atoms with Crippen molar-refractivity contribution in [1.29, 1.82) is 0 Å². The van der Waals surface area contributed by atoms with Gasteiger partial charge in [-0.15, -0.1) is 0 Å². The molecule has 1 heteroatoms. The lowest BCUT2D eigenvalue weighted by atomic mass is 9.92. The van der Waals surface area contributed by atoms with Crippen LogP contribution in [0.5, 0.6) is 0 Å². The molecule has 0 spiro atoms. The van der Waals surface area contributed by atoms with Crippen LogP contribution < -0.4 is 0 Å². The molecule has 5 aromatic rings. The lowest BCUT2D eigenvalue weighted by Gasteiger charge is -2.13. The Labute approximate surface area is 159 Å². The number of rotatable bonds is 1. The minimum absolute atomic E-state index is 1.06. The molecule has 0 atom stereocenters. The predicted octanol–water partition coefficient (Wildman–Crippen LogP) is 7.13. The molecule has 0 aliphatic heterocycles. The summed E-state index contributed by atoms with van der Waals surface area (Å²) in [6, 6.07) is 24.3. The molecule has 0 N–H and O–H groups in total. The standard InChI is InChI=1S/C26H21N/c1-16-12-17(2)14-20(13-16)26-24-9-8-22-21-7-5-4-6-19(21)15-18(3)25(22)23(24)10-11-27-26/h4-15H,1-3H3. The highest BCUT2D eigenvalue weighted by atomic mass is 14.7. The van der Waals surface area contributed by atoms with E-state index in [0.29, 0.717) is 0 Å². The number of pyridine rings is 1. The summed E-state index contributed by atoms with van der Waals surface area (Å²) in [6.45, 7) is 6.51. The number of nitrogens with zero attached hydrogens (tertiary/aromatic N) is 1. The smallest absolute Gasteiger partial charge is 0.0780 e. The third-order valence-corrected chi connectivity index (χ3v) is 5.46. The first-order chi connectivity index (χ1) is 13.1. The fourth-order valence-electron chi connectivity index (χ4n) is 4.42. The molecule has 5 rings (SSSR count). The van der Waals surface area contributed by atoms with Gasteiger partial charge in [0.2, 0.25) is 0 Å². The number of hydrogen-bond donors (Lipinski definition) is 0. The molecule has 4 aromatic carbocycles. The van der Waals surface area contributed by atoms with Crippen molar-refractivity contribution >= 4 is 32.3 Å². The predicted molar refractivity (Wildman–Crippen MR) is 116 cm³/mol. The van der Waals surface area contributed by atoms with Gasteiger partial charge in [-0.2, -0.15) is 0 Å². The maximum atomic E-state index is 4.76. The van der Waals surface area contributed by atoms with Gasteiger partial charge in [-0.1, -0.05) is 59.7 Å². The van der Waals surface area contributed by atoms with Gasteiger partial charge in [0.25, 0.3) is 0 Å². The topological polar surface area (TPSA) is 12.9 Å². The van der Waals surface area contributed by atoms with Crippen molar-refractivity contribution in [3.8, 4) is 11.3 Å². The molecule has 0 unspecified atom stereocenters. The Morgan fingerprint density at radius 1 is 0.630 bits per heavy atom. The van der Waals surface area contributed by atoms with Gasteiger partial charge in [-0.25, -0.2) is 0 Å². The van der Waals surface area contributed by atoms with E-state index in [1.165, 1.54) is 54.6 Å². The van der Waals surface area contributed by atoms with E-state index in [4.69, 9.17) is 4.98 Å². The van der Waals surface area contributed by atoms with Crippen LogP contribution in [0.1, 0.15) is 16.7 Å². The largest absolute Gasteiger partial charge is 0.256 e. The van der Waals surface area contributed by atoms with Gasteiger partial charge in [0.1, 0.15) is 0 Å². The van der Waals surface area contributed by atoms with Gasteiger partial charge in [-0.3, -0.25) is 4.98 Å². The van der Waals surface area contributed by atoms with E-state index >= 15 is 0 Å². The molecule has 0 aliphatic carbocycles. The van der Waals surface area contributed by atoms with Crippen LogP contribution in [-0.4, -0.2) is 4.98 Å². The Morgan fingerprint density at radius 3 is 2.15 bits per heavy atom. The third-order valence-electron chi connectivity index (χ3n) is 5.46. The fourth-order valence-corrected chi connectivity index (χ4v) is 4.42. The van der Waals surface area contributed by atoms with Gasteiger partial charge in [0.15, 0.2) is 0 Å². The second-order valence-corrected chi connectivity index (χ2v) is 7.53. The highest BCUT2D eigenvalue weighted by Crippen LogP contribution is 2.37. The summed E-state index contributed by atoms with van der Waals surface area (Å²) in [5.74, 6) is 0. The van der Waals surface area contributed by atoms with Gasteiger partial charge in [0.05, 0.1) is 5.69 Å². The van der Waals surface area contributed by atoms with Crippen LogP contribution in [0.25, 0.3) is 43.6 Å². The number of aryl methyl sites for hydroxylation is 3. The van der Waals surface area contributed by atoms with E-state index in [0.717, 1.165) is 5.69 Å². The van der Waals surface area contributed by atoms with E-state index in [-0.39, 0.29) is 0 Å². The highest BCUT2D eigenvalue weighted by molar-refractivity contribution is 6.20. The van der Waals surface area contributed by atoms with E-state index in [1.54, 1.807) is 0 Å². The summed E-state index contributed by atoms with van der Waals surface area (Å²) in [4.78, 5) is 4.76. The number of benzene rings is 4. The van der Waals surface area contributed by atoms with Crippen LogP contribution in [0.2, 0.25) is 0 Å². The summed E-state index contributed by atoms with van der Waals surface area (Å²) in [5.41, 5.74) is 6.11. The van der Waals surface area contributed by atoms with Gasteiger partial charge in [-0.05, 0) is 71.5 Å². The first kappa shape index (κ1) is 16.0. The number of hydrogen-bond acceptors (Lipinski definition) is 1. The Morgan fingerprint density at radius 2 is 1.33 bits per heavy atom. The minimum Gasteiger partial charge on any atom is -0.256 e. The third kappa shape index (κ3) is 2.50. The molecule has 0 bridgehead atoms. The average Bonchev–Trinajstić information content (AvgIpc) is 2.66. The second-order valence-electron chi connectivity index (χ2n) is 7.53. The van der Waals surface area contributed by atoms with E-state index in [2.05, 4.69) is 87.5 Å². The molecule has 1 nitrogen and oxygen atoms in total. The number of aromatic nitrogens is 1. The molecule has 0 fully saturated rings. The van der Waals surface area contributed by atoms with Crippen LogP contribution in [0.4, 0.5) is 0 Å². The monoisotopic (exact) mass is 347 g/mol. The Bertz CT molecular complexity index is 1330. The molecule has 0 saturated heterocycles. The van der Waals surface area contributed by atoms with Crippen LogP contribution in [-0.2, 0) is 0 Å². The van der Waals surface area contributed by atoms with Crippen LogP contribution in [0.3, 0.4) is 0 Å². The summed E-state index contributed by atoms with van der Waals surface area (Å²) < 4.78 is 0. The van der Waals surface area contributed by atoms with Gasteiger partial charge >= 0.3 is 0 Å². The molecule has 0 aliphatic rings. The molecular formula is C26H21N. The van der Waals surface area contributed by atoms with Crippen LogP contribution in [0, 0.1) is 20.8 Å².